The Morgan fingerprint density at radius 2 is 2.36 bits per heavy atom. The van der Waals surface area contributed by atoms with Crippen LogP contribution in [0.2, 0.25) is 0 Å². The smallest absolute Gasteiger partial charge is 0.191 e. The molecule has 2 rings (SSSR count). The first-order chi connectivity index (χ1) is 5.36. The molecule has 2 aromatic heterocycles. The van der Waals surface area contributed by atoms with Gasteiger partial charge in [-0.3, -0.25) is 0 Å². The maximum atomic E-state index is 10.7. The maximum Gasteiger partial charge on any atom is 0.191 e. The third kappa shape index (κ3) is 0.980. The Balaban J connectivity index is 2.83. The van der Waals surface area contributed by atoms with Crippen LogP contribution in [-0.4, -0.2) is 9.97 Å². The average Bonchev–Trinajstić information content (AvgIpc) is 2.04. The van der Waals surface area contributed by atoms with E-state index in [1.54, 1.807) is 12.3 Å². The summed E-state index contributed by atoms with van der Waals surface area (Å²) in [5, 5.41) is 11.5. The van der Waals surface area contributed by atoms with Crippen LogP contribution in [0.1, 0.15) is 0 Å². The Labute approximate surface area is 62.7 Å². The van der Waals surface area contributed by atoms with E-state index in [0.717, 1.165) is 15.6 Å². The summed E-state index contributed by atoms with van der Waals surface area (Å²) in [6, 6.07) is 1.66. The van der Waals surface area contributed by atoms with Gasteiger partial charge in [-0.2, -0.15) is 4.73 Å². The number of rotatable bonds is 0. The van der Waals surface area contributed by atoms with Crippen LogP contribution in [0, 0.1) is 5.21 Å². The molecule has 0 fully saturated rings. The number of nitrogens with zero attached hydrogens (tertiary/aromatic N) is 3. The average molecular weight is 147 g/mol. The van der Waals surface area contributed by atoms with Gasteiger partial charge in [0.25, 0.3) is 0 Å². The van der Waals surface area contributed by atoms with Crippen molar-refractivity contribution in [2.75, 3.05) is 0 Å². The predicted octanol–water partition coefficient (Wildman–Crippen LogP) is 0.263. The van der Waals surface area contributed by atoms with Crippen molar-refractivity contribution in [1.82, 2.24) is 9.97 Å². The molecule has 54 valence electrons. The Kier molecular flexibility index (Phi) is 1.18. The molecule has 2 aromatic rings. The minimum atomic E-state index is 0.728. The van der Waals surface area contributed by atoms with E-state index in [-0.39, 0.29) is 0 Å². The zero-order valence-electron chi connectivity index (χ0n) is 5.64. The van der Waals surface area contributed by atoms with E-state index in [2.05, 4.69) is 9.97 Å². The van der Waals surface area contributed by atoms with Gasteiger partial charge < -0.3 is 5.21 Å². The molecule has 0 aliphatic carbocycles. The lowest BCUT2D eigenvalue weighted by Crippen LogP contribution is -2.23. The first-order valence-corrected chi connectivity index (χ1v) is 3.15. The molecule has 0 aromatic carbocycles. The van der Waals surface area contributed by atoms with Gasteiger partial charge in [0.15, 0.2) is 12.4 Å². The highest BCUT2D eigenvalue weighted by Crippen LogP contribution is 2.03. The van der Waals surface area contributed by atoms with Crippen molar-refractivity contribution in [1.29, 1.82) is 0 Å². The summed E-state index contributed by atoms with van der Waals surface area (Å²) in [7, 11) is 0. The molecule has 0 amide bonds. The molecule has 0 N–H and O–H groups in total. The Morgan fingerprint density at radius 3 is 3.27 bits per heavy atom. The molecule has 2 heterocycles. The summed E-state index contributed by atoms with van der Waals surface area (Å²) >= 11 is 0. The Morgan fingerprint density at radius 1 is 1.45 bits per heavy atom. The second kappa shape index (κ2) is 2.16. The number of pyridine rings is 1. The van der Waals surface area contributed by atoms with Gasteiger partial charge in [0, 0.05) is 12.3 Å². The highest BCUT2D eigenvalue weighted by atomic mass is 16.5. The van der Waals surface area contributed by atoms with Gasteiger partial charge in [-0.25, -0.2) is 9.97 Å². The zero-order chi connectivity index (χ0) is 7.68. The minimum absolute atomic E-state index is 0.728. The Bertz CT molecular complexity index is 388. The van der Waals surface area contributed by atoms with Gasteiger partial charge >= 0.3 is 0 Å². The second-order valence-electron chi connectivity index (χ2n) is 2.17. The molecule has 4 heteroatoms. The van der Waals surface area contributed by atoms with Crippen LogP contribution in [0.5, 0.6) is 0 Å². The van der Waals surface area contributed by atoms with Crippen molar-refractivity contribution in [3.63, 3.8) is 0 Å². The summed E-state index contributed by atoms with van der Waals surface area (Å²) in [4.78, 5) is 7.75. The maximum absolute atomic E-state index is 10.7. The van der Waals surface area contributed by atoms with E-state index < -0.39 is 0 Å². The molecule has 0 aliphatic rings. The van der Waals surface area contributed by atoms with E-state index in [4.69, 9.17) is 0 Å². The van der Waals surface area contributed by atoms with Crippen LogP contribution >= 0.6 is 0 Å². The molecular weight excluding hydrogens is 142 g/mol. The van der Waals surface area contributed by atoms with Gasteiger partial charge in [-0.15, -0.1) is 0 Å². The lowest BCUT2D eigenvalue weighted by Gasteiger charge is -1.95. The quantitative estimate of drug-likeness (QED) is 0.397. The van der Waals surface area contributed by atoms with Crippen molar-refractivity contribution >= 4 is 10.9 Å². The molecule has 0 aliphatic heterocycles. The van der Waals surface area contributed by atoms with Gasteiger partial charge in [0.1, 0.15) is 6.33 Å². The lowest BCUT2D eigenvalue weighted by molar-refractivity contribution is -0.603. The molecule has 0 bridgehead atoms. The molecule has 0 radical (unpaired) electrons. The fraction of sp³-hybridized carbons (Fsp3) is 0. The standard InChI is InChI=1S/C7H5N3O/c11-10-2-1-7-6(4-10)3-8-5-9-7/h1-5H. The molecule has 0 spiro atoms. The lowest BCUT2D eigenvalue weighted by atomic mass is 10.3. The summed E-state index contributed by atoms with van der Waals surface area (Å²) in [5.41, 5.74) is 0.784. The molecule has 4 nitrogen and oxygen atoms in total. The number of aromatic nitrogens is 3. The van der Waals surface area contributed by atoms with Crippen LogP contribution < -0.4 is 4.73 Å². The highest BCUT2D eigenvalue weighted by Gasteiger charge is 1.96. The zero-order valence-corrected chi connectivity index (χ0v) is 5.64. The van der Waals surface area contributed by atoms with Crippen LogP contribution in [0.3, 0.4) is 0 Å². The minimum Gasteiger partial charge on any atom is -0.619 e. The first-order valence-electron chi connectivity index (χ1n) is 3.15. The fourth-order valence-corrected chi connectivity index (χ4v) is 0.913. The SMILES string of the molecule is [O-][n+]1ccc2ncncc2c1. The molecule has 0 atom stereocenters. The third-order valence-corrected chi connectivity index (χ3v) is 1.42. The summed E-state index contributed by atoms with van der Waals surface area (Å²) < 4.78 is 0.728. The number of hydrogen-bond donors (Lipinski definition) is 0. The van der Waals surface area contributed by atoms with Crippen molar-refractivity contribution in [2.45, 2.75) is 0 Å². The summed E-state index contributed by atoms with van der Waals surface area (Å²) in [6.07, 6.45) is 5.92. The molecular formula is C7H5N3O. The normalized spacial score (nSPS) is 10.2. The van der Waals surface area contributed by atoms with Gasteiger partial charge in [-0.05, 0) is 0 Å². The second-order valence-corrected chi connectivity index (χ2v) is 2.17. The van der Waals surface area contributed by atoms with E-state index in [1.165, 1.54) is 18.7 Å². The summed E-state index contributed by atoms with van der Waals surface area (Å²) in [5.74, 6) is 0. The fourth-order valence-electron chi connectivity index (χ4n) is 0.913. The van der Waals surface area contributed by atoms with Crippen molar-refractivity contribution in [3.8, 4) is 0 Å². The monoisotopic (exact) mass is 147 g/mol. The van der Waals surface area contributed by atoms with Crippen molar-refractivity contribution < 1.29 is 4.73 Å². The van der Waals surface area contributed by atoms with E-state index in [9.17, 15) is 5.21 Å². The van der Waals surface area contributed by atoms with Gasteiger partial charge in [0.05, 0.1) is 10.9 Å². The largest absolute Gasteiger partial charge is 0.619 e. The van der Waals surface area contributed by atoms with Crippen molar-refractivity contribution in [3.05, 3.63) is 36.2 Å². The van der Waals surface area contributed by atoms with Gasteiger partial charge in [-0.1, -0.05) is 0 Å². The van der Waals surface area contributed by atoms with Crippen LogP contribution in [0.4, 0.5) is 0 Å². The third-order valence-electron chi connectivity index (χ3n) is 1.42. The molecule has 0 unspecified atom stereocenters. The van der Waals surface area contributed by atoms with E-state index in [0.29, 0.717) is 0 Å². The van der Waals surface area contributed by atoms with Crippen LogP contribution in [-0.2, 0) is 0 Å². The molecule has 11 heavy (non-hydrogen) atoms. The number of fused-ring (bicyclic) bond motifs is 1. The molecule has 0 saturated heterocycles. The predicted molar refractivity (Wildman–Crippen MR) is 38.5 cm³/mol. The molecule has 0 saturated carbocycles. The van der Waals surface area contributed by atoms with Crippen LogP contribution in [0.25, 0.3) is 10.9 Å². The first kappa shape index (κ1) is 6.03. The van der Waals surface area contributed by atoms with Crippen molar-refractivity contribution in [2.24, 2.45) is 0 Å². The number of hydrogen-bond acceptors (Lipinski definition) is 3. The Hall–Kier alpha value is -1.71. The van der Waals surface area contributed by atoms with E-state index in [1.807, 2.05) is 0 Å². The summed E-state index contributed by atoms with van der Waals surface area (Å²) in [6.45, 7) is 0. The van der Waals surface area contributed by atoms with Gasteiger partial charge in [0.2, 0.25) is 0 Å². The van der Waals surface area contributed by atoms with E-state index >= 15 is 0 Å². The van der Waals surface area contributed by atoms with Crippen LogP contribution in [0.15, 0.2) is 31.0 Å². The highest BCUT2D eigenvalue weighted by molar-refractivity contribution is 5.74. The topological polar surface area (TPSA) is 52.7 Å².